The van der Waals surface area contributed by atoms with Gasteiger partial charge in [0.25, 0.3) is 12.1 Å². The van der Waals surface area contributed by atoms with E-state index in [0.717, 1.165) is 29.6 Å². The molecule has 0 amide bonds. The molecule has 0 aromatic heterocycles. The Balaban J connectivity index is 1.99. The summed E-state index contributed by atoms with van der Waals surface area (Å²) >= 11 is 0. The molecule has 0 saturated heterocycles. The second kappa shape index (κ2) is 3.28. The van der Waals surface area contributed by atoms with Crippen LogP contribution in [-0.4, -0.2) is 5.54 Å². The lowest BCUT2D eigenvalue weighted by Gasteiger charge is -2.36. The monoisotopic (exact) mass is 232 g/mol. The van der Waals surface area contributed by atoms with Crippen LogP contribution in [0.2, 0.25) is 0 Å². The first-order chi connectivity index (χ1) is 7.89. The molecule has 6 unspecified atom stereocenters. The van der Waals surface area contributed by atoms with E-state index in [-0.39, 0.29) is 5.54 Å². The molecule has 94 valence electrons. The highest BCUT2D eigenvalue weighted by molar-refractivity contribution is 5.18. The van der Waals surface area contributed by atoms with Gasteiger partial charge in [-0.15, -0.1) is 0 Å². The lowest BCUT2D eigenvalue weighted by molar-refractivity contribution is 0.130. The fraction of sp³-hybridized carbons (Fsp3) is 0.938. The molecule has 1 heteroatoms. The molecule has 3 rings (SSSR count). The molecule has 0 spiro atoms. The third-order valence-electron chi connectivity index (χ3n) is 6.59. The molecular formula is C16H26N+. The van der Waals surface area contributed by atoms with Crippen molar-refractivity contribution in [2.75, 3.05) is 0 Å². The first-order valence-corrected chi connectivity index (χ1v) is 7.32. The van der Waals surface area contributed by atoms with Gasteiger partial charge >= 0.3 is 0 Å². The van der Waals surface area contributed by atoms with Crippen molar-refractivity contribution in [3.8, 4) is 6.57 Å². The minimum absolute atomic E-state index is 0.0759. The van der Waals surface area contributed by atoms with E-state index in [9.17, 15) is 0 Å². The number of fused-ring (bicyclic) bond motifs is 1. The zero-order valence-electron chi connectivity index (χ0n) is 11.7. The lowest BCUT2D eigenvalue weighted by atomic mass is 9.66. The molecule has 3 fully saturated rings. The molecule has 3 saturated carbocycles. The summed E-state index contributed by atoms with van der Waals surface area (Å²) in [6.07, 6.45) is 5.46. The third-order valence-corrected chi connectivity index (χ3v) is 6.59. The van der Waals surface area contributed by atoms with E-state index in [0.29, 0.717) is 5.41 Å². The summed E-state index contributed by atoms with van der Waals surface area (Å²) < 4.78 is 0. The minimum Gasteiger partial charge on any atom is -0.0804 e. The van der Waals surface area contributed by atoms with Crippen molar-refractivity contribution in [2.45, 2.75) is 58.9 Å². The number of rotatable bonds is 1. The highest BCUT2D eigenvalue weighted by atomic mass is 14.9. The molecule has 0 heterocycles. The van der Waals surface area contributed by atoms with Gasteiger partial charge in [-0.2, -0.15) is 0 Å². The Morgan fingerprint density at radius 2 is 1.88 bits per heavy atom. The van der Waals surface area contributed by atoms with E-state index in [4.69, 9.17) is 6.57 Å². The Kier molecular flexibility index (Phi) is 2.23. The van der Waals surface area contributed by atoms with Crippen LogP contribution in [0.3, 0.4) is 0 Å². The van der Waals surface area contributed by atoms with Crippen molar-refractivity contribution in [2.24, 2.45) is 35.0 Å². The van der Waals surface area contributed by atoms with Gasteiger partial charge in [0.1, 0.15) is 0 Å². The maximum absolute atomic E-state index is 5.74. The highest BCUT2D eigenvalue weighted by Gasteiger charge is 2.67. The molecule has 0 aromatic carbocycles. The molecule has 3 aliphatic rings. The SMILES string of the molecule is C#[N+]C1(C)CC2C(C(C)C)CC3(C)CC1CC23. The van der Waals surface area contributed by atoms with E-state index >= 15 is 0 Å². The van der Waals surface area contributed by atoms with E-state index in [2.05, 4.69) is 32.5 Å². The van der Waals surface area contributed by atoms with Crippen molar-refractivity contribution in [3.05, 3.63) is 4.85 Å². The highest BCUT2D eigenvalue weighted by Crippen LogP contribution is 2.69. The normalized spacial score (nSPS) is 56.2. The Morgan fingerprint density at radius 1 is 1.18 bits per heavy atom. The molecular weight excluding hydrogens is 206 g/mol. The maximum Gasteiger partial charge on any atom is 0.281 e. The summed E-state index contributed by atoms with van der Waals surface area (Å²) in [7, 11) is 0. The van der Waals surface area contributed by atoms with Crippen LogP contribution in [0, 0.1) is 41.6 Å². The van der Waals surface area contributed by atoms with Crippen LogP contribution < -0.4 is 0 Å². The van der Waals surface area contributed by atoms with Crippen molar-refractivity contribution in [1.29, 1.82) is 0 Å². The largest absolute Gasteiger partial charge is 0.281 e. The van der Waals surface area contributed by atoms with Crippen LogP contribution >= 0.6 is 0 Å². The van der Waals surface area contributed by atoms with Gasteiger partial charge in [0, 0.05) is 19.3 Å². The van der Waals surface area contributed by atoms with E-state index in [1.807, 2.05) is 0 Å². The average molecular weight is 232 g/mol. The van der Waals surface area contributed by atoms with Gasteiger partial charge in [-0.1, -0.05) is 25.6 Å². The Morgan fingerprint density at radius 3 is 2.47 bits per heavy atom. The summed E-state index contributed by atoms with van der Waals surface area (Å²) in [5.41, 5.74) is 0.680. The van der Waals surface area contributed by atoms with Crippen LogP contribution in [0.25, 0.3) is 4.85 Å². The molecule has 0 aromatic rings. The quantitative estimate of drug-likeness (QED) is 0.629. The Bertz CT molecular complexity index is 379. The molecule has 3 aliphatic carbocycles. The van der Waals surface area contributed by atoms with Gasteiger partial charge in [0.05, 0.1) is 0 Å². The standard InChI is InChI=1S/C16H26N/c1-10(2)12-8-15(3)7-11-6-14(15)13(12)9-16(11,4)17-5/h5,10-14H,6-9H2,1-4H3/q+1. The smallest absolute Gasteiger partial charge is 0.0804 e. The van der Waals surface area contributed by atoms with Crippen LogP contribution in [0.4, 0.5) is 0 Å². The average Bonchev–Trinajstić information content (AvgIpc) is 2.69. The molecule has 6 atom stereocenters. The van der Waals surface area contributed by atoms with Crippen molar-refractivity contribution in [1.82, 2.24) is 0 Å². The first kappa shape index (κ1) is 11.6. The zero-order valence-corrected chi connectivity index (χ0v) is 11.7. The summed E-state index contributed by atoms with van der Waals surface area (Å²) in [6.45, 7) is 15.4. The summed E-state index contributed by atoms with van der Waals surface area (Å²) in [5.74, 6) is 4.34. The van der Waals surface area contributed by atoms with Crippen molar-refractivity contribution >= 4 is 0 Å². The molecule has 17 heavy (non-hydrogen) atoms. The fourth-order valence-electron chi connectivity index (χ4n) is 5.60. The summed E-state index contributed by atoms with van der Waals surface area (Å²) in [5, 5.41) is 0. The molecule has 2 bridgehead atoms. The minimum atomic E-state index is 0.0759. The summed E-state index contributed by atoms with van der Waals surface area (Å²) in [4.78, 5) is 4.30. The van der Waals surface area contributed by atoms with Gasteiger partial charge < -0.3 is 0 Å². The second-order valence-electron chi connectivity index (χ2n) is 7.86. The molecule has 0 aliphatic heterocycles. The van der Waals surface area contributed by atoms with Crippen molar-refractivity contribution in [3.63, 3.8) is 0 Å². The van der Waals surface area contributed by atoms with Gasteiger partial charge in [-0.05, 0) is 48.3 Å². The first-order valence-electron chi connectivity index (χ1n) is 7.32. The fourth-order valence-corrected chi connectivity index (χ4v) is 5.60. The molecule has 1 nitrogen and oxygen atoms in total. The Hall–Kier alpha value is -0.510. The van der Waals surface area contributed by atoms with Crippen LogP contribution in [-0.2, 0) is 0 Å². The van der Waals surface area contributed by atoms with E-state index in [1.54, 1.807) is 0 Å². The van der Waals surface area contributed by atoms with Crippen molar-refractivity contribution < 1.29 is 0 Å². The third kappa shape index (κ3) is 1.36. The van der Waals surface area contributed by atoms with Crippen LogP contribution in [0.5, 0.6) is 0 Å². The van der Waals surface area contributed by atoms with Gasteiger partial charge in [0.2, 0.25) is 0 Å². The maximum atomic E-state index is 5.74. The lowest BCUT2D eigenvalue weighted by Crippen LogP contribution is -2.40. The molecule has 0 N–H and O–H groups in total. The van der Waals surface area contributed by atoms with E-state index in [1.165, 1.54) is 25.7 Å². The van der Waals surface area contributed by atoms with Gasteiger partial charge in [-0.3, -0.25) is 0 Å². The van der Waals surface area contributed by atoms with Gasteiger partial charge in [0.15, 0.2) is 0 Å². The number of hydrogen-bond donors (Lipinski definition) is 0. The van der Waals surface area contributed by atoms with E-state index < -0.39 is 0 Å². The van der Waals surface area contributed by atoms with Crippen LogP contribution in [0.1, 0.15) is 53.4 Å². The van der Waals surface area contributed by atoms with Gasteiger partial charge in [-0.25, -0.2) is 0 Å². The predicted octanol–water partition coefficient (Wildman–Crippen LogP) is 4.44. The molecule has 0 radical (unpaired) electrons. The number of nitrogens with zero attached hydrogens (tertiary/aromatic N) is 1. The summed E-state index contributed by atoms with van der Waals surface area (Å²) in [6, 6.07) is 0. The Labute approximate surface area is 106 Å². The topological polar surface area (TPSA) is 4.36 Å². The predicted molar refractivity (Wildman–Crippen MR) is 72.1 cm³/mol. The number of hydrogen-bond acceptors (Lipinski definition) is 0. The van der Waals surface area contributed by atoms with Crippen LogP contribution in [0.15, 0.2) is 0 Å². The second-order valence-corrected chi connectivity index (χ2v) is 7.86. The zero-order chi connectivity index (χ0) is 12.4.